The summed E-state index contributed by atoms with van der Waals surface area (Å²) < 4.78 is 37.3. The molecule has 1 N–H and O–H groups in total. The lowest BCUT2D eigenvalue weighted by molar-refractivity contribution is -0.118. The van der Waals surface area contributed by atoms with Crippen LogP contribution in [0.4, 0.5) is 14.5 Å². The molecule has 2 aromatic carbocycles. The van der Waals surface area contributed by atoms with Crippen LogP contribution in [0, 0.1) is 11.6 Å². The molecule has 0 fully saturated rings. The SMILES string of the molecule is CCOC(=O)c1nn(-c2ccc(F)cc2)c(=O)cc1OCC(=O)Nc1ccc(F)cc1. The van der Waals surface area contributed by atoms with Crippen LogP contribution >= 0.6 is 0 Å². The summed E-state index contributed by atoms with van der Waals surface area (Å²) >= 11 is 0. The number of carbonyl (C=O) groups excluding carboxylic acids is 2. The lowest BCUT2D eigenvalue weighted by Gasteiger charge is -2.12. The summed E-state index contributed by atoms with van der Waals surface area (Å²) in [5.74, 6) is -2.69. The number of nitrogens with zero attached hydrogens (tertiary/aromatic N) is 2. The Bertz CT molecular complexity index is 1150. The number of benzene rings is 2. The number of esters is 1. The second-order valence-electron chi connectivity index (χ2n) is 6.15. The van der Waals surface area contributed by atoms with Gasteiger partial charge in [-0.3, -0.25) is 9.59 Å². The van der Waals surface area contributed by atoms with Crippen LogP contribution in [-0.2, 0) is 9.53 Å². The second-order valence-corrected chi connectivity index (χ2v) is 6.15. The molecule has 0 aliphatic heterocycles. The molecule has 0 spiro atoms. The third-order valence-corrected chi connectivity index (χ3v) is 3.92. The molecule has 0 aliphatic rings. The molecule has 1 aromatic heterocycles. The van der Waals surface area contributed by atoms with E-state index in [1.54, 1.807) is 6.92 Å². The van der Waals surface area contributed by atoms with E-state index in [9.17, 15) is 23.2 Å². The highest BCUT2D eigenvalue weighted by molar-refractivity contribution is 5.93. The Morgan fingerprint density at radius 1 is 1.03 bits per heavy atom. The molecule has 3 aromatic rings. The third kappa shape index (κ3) is 5.50. The molecule has 160 valence electrons. The first kappa shape index (κ1) is 21.6. The van der Waals surface area contributed by atoms with Gasteiger partial charge >= 0.3 is 5.97 Å². The van der Waals surface area contributed by atoms with Gasteiger partial charge in [-0.05, 0) is 55.5 Å². The summed E-state index contributed by atoms with van der Waals surface area (Å²) in [6.45, 7) is 1.08. The van der Waals surface area contributed by atoms with Crippen molar-refractivity contribution < 1.29 is 27.8 Å². The van der Waals surface area contributed by atoms with E-state index in [4.69, 9.17) is 9.47 Å². The van der Waals surface area contributed by atoms with Crippen LogP contribution in [-0.4, -0.2) is 34.9 Å². The molecular weight excluding hydrogens is 412 g/mol. The predicted octanol–water partition coefficient (Wildman–Crippen LogP) is 2.70. The summed E-state index contributed by atoms with van der Waals surface area (Å²) in [6, 6.07) is 11.0. The number of halogens is 2. The smallest absolute Gasteiger partial charge is 0.362 e. The van der Waals surface area contributed by atoms with Gasteiger partial charge in [-0.25, -0.2) is 13.6 Å². The zero-order chi connectivity index (χ0) is 22.4. The normalized spacial score (nSPS) is 10.4. The molecule has 1 heterocycles. The van der Waals surface area contributed by atoms with Crippen LogP contribution in [0.5, 0.6) is 5.75 Å². The summed E-state index contributed by atoms with van der Waals surface area (Å²) in [7, 11) is 0. The lowest BCUT2D eigenvalue weighted by Crippen LogP contribution is -2.27. The molecule has 31 heavy (non-hydrogen) atoms. The minimum Gasteiger partial charge on any atom is -0.481 e. The van der Waals surface area contributed by atoms with Crippen LogP contribution in [0.3, 0.4) is 0 Å². The Morgan fingerprint density at radius 2 is 1.65 bits per heavy atom. The maximum Gasteiger partial charge on any atom is 0.362 e. The van der Waals surface area contributed by atoms with Gasteiger partial charge in [0.25, 0.3) is 11.5 Å². The molecule has 8 nitrogen and oxygen atoms in total. The van der Waals surface area contributed by atoms with Crippen LogP contribution in [0.2, 0.25) is 0 Å². The van der Waals surface area contributed by atoms with E-state index in [2.05, 4.69) is 10.4 Å². The summed E-state index contributed by atoms with van der Waals surface area (Å²) in [4.78, 5) is 36.9. The zero-order valence-electron chi connectivity index (χ0n) is 16.3. The Balaban J connectivity index is 1.84. The van der Waals surface area contributed by atoms with E-state index in [0.29, 0.717) is 5.69 Å². The molecular formula is C21H17F2N3O5. The second kappa shape index (κ2) is 9.61. The lowest BCUT2D eigenvalue weighted by atomic mass is 10.3. The van der Waals surface area contributed by atoms with Crippen molar-refractivity contribution >= 4 is 17.6 Å². The third-order valence-electron chi connectivity index (χ3n) is 3.92. The monoisotopic (exact) mass is 429 g/mol. The van der Waals surface area contributed by atoms with Crippen molar-refractivity contribution in [3.63, 3.8) is 0 Å². The Kier molecular flexibility index (Phi) is 6.71. The van der Waals surface area contributed by atoms with Crippen molar-refractivity contribution in [3.05, 3.63) is 82.3 Å². The largest absolute Gasteiger partial charge is 0.481 e. The number of ether oxygens (including phenoxy) is 2. The highest BCUT2D eigenvalue weighted by Crippen LogP contribution is 2.17. The number of carbonyl (C=O) groups is 2. The number of amides is 1. The van der Waals surface area contributed by atoms with Crippen LogP contribution in [0.15, 0.2) is 59.4 Å². The predicted molar refractivity (Wildman–Crippen MR) is 106 cm³/mol. The Labute approximate surface area is 175 Å². The molecule has 3 rings (SSSR count). The number of hydrogen-bond donors (Lipinski definition) is 1. The van der Waals surface area contributed by atoms with Crippen LogP contribution in [0.1, 0.15) is 17.4 Å². The van der Waals surface area contributed by atoms with Crippen molar-refractivity contribution in [3.8, 4) is 11.4 Å². The molecule has 0 atom stereocenters. The standard InChI is InChI=1S/C21H17F2N3O5/c1-2-30-21(29)20-17(31-12-18(27)24-15-7-3-13(22)4-8-15)11-19(28)26(25-20)16-9-5-14(23)6-10-16/h3-11H,2,12H2,1H3,(H,24,27). The molecule has 0 unspecified atom stereocenters. The fraction of sp³-hybridized carbons (Fsp3) is 0.143. The maximum absolute atomic E-state index is 13.2. The van der Waals surface area contributed by atoms with Gasteiger partial charge in [0.1, 0.15) is 11.6 Å². The van der Waals surface area contributed by atoms with E-state index >= 15 is 0 Å². The van der Waals surface area contributed by atoms with Gasteiger partial charge in [-0.15, -0.1) is 0 Å². The highest BCUT2D eigenvalue weighted by atomic mass is 19.1. The van der Waals surface area contributed by atoms with Gasteiger partial charge in [-0.2, -0.15) is 9.78 Å². The van der Waals surface area contributed by atoms with E-state index < -0.39 is 35.7 Å². The van der Waals surface area contributed by atoms with Gasteiger partial charge in [0.15, 0.2) is 12.4 Å². The molecule has 0 saturated carbocycles. The molecule has 0 aliphatic carbocycles. The summed E-state index contributed by atoms with van der Waals surface area (Å²) in [6.07, 6.45) is 0. The Morgan fingerprint density at radius 3 is 2.26 bits per heavy atom. The average Bonchev–Trinajstić information content (AvgIpc) is 2.75. The Hall–Kier alpha value is -4.08. The van der Waals surface area contributed by atoms with Gasteiger partial charge < -0.3 is 14.8 Å². The summed E-state index contributed by atoms with van der Waals surface area (Å²) in [5, 5.41) is 6.46. The molecule has 0 saturated heterocycles. The van der Waals surface area contributed by atoms with Crippen LogP contribution < -0.4 is 15.6 Å². The first-order valence-corrected chi connectivity index (χ1v) is 9.13. The van der Waals surface area contributed by atoms with Crippen LogP contribution in [0.25, 0.3) is 5.69 Å². The van der Waals surface area contributed by atoms with Gasteiger partial charge in [0, 0.05) is 5.69 Å². The average molecular weight is 429 g/mol. The van der Waals surface area contributed by atoms with Crippen molar-refractivity contribution in [2.45, 2.75) is 6.92 Å². The topological polar surface area (TPSA) is 99.5 Å². The summed E-state index contributed by atoms with van der Waals surface area (Å²) in [5.41, 5.74) is -0.447. The number of anilines is 1. The van der Waals surface area contributed by atoms with Crippen molar-refractivity contribution in [2.75, 3.05) is 18.5 Å². The van der Waals surface area contributed by atoms with E-state index in [-0.39, 0.29) is 23.7 Å². The van der Waals surface area contributed by atoms with Crippen molar-refractivity contribution in [1.82, 2.24) is 9.78 Å². The number of nitrogens with one attached hydrogen (secondary N) is 1. The minimum absolute atomic E-state index is 0.0423. The van der Waals surface area contributed by atoms with E-state index in [0.717, 1.165) is 22.9 Å². The number of rotatable bonds is 7. The fourth-order valence-corrected chi connectivity index (χ4v) is 2.53. The van der Waals surface area contributed by atoms with Gasteiger partial charge in [0.2, 0.25) is 5.69 Å². The highest BCUT2D eigenvalue weighted by Gasteiger charge is 2.20. The molecule has 1 amide bonds. The first-order chi connectivity index (χ1) is 14.9. The van der Waals surface area contributed by atoms with Crippen molar-refractivity contribution in [2.24, 2.45) is 0 Å². The fourth-order valence-electron chi connectivity index (χ4n) is 2.53. The van der Waals surface area contributed by atoms with E-state index in [1.807, 2.05) is 0 Å². The first-order valence-electron chi connectivity index (χ1n) is 9.13. The van der Waals surface area contributed by atoms with Crippen molar-refractivity contribution in [1.29, 1.82) is 0 Å². The van der Waals surface area contributed by atoms with Gasteiger partial charge in [0.05, 0.1) is 18.4 Å². The van der Waals surface area contributed by atoms with E-state index in [1.165, 1.54) is 36.4 Å². The quantitative estimate of drug-likeness (QED) is 0.580. The van der Waals surface area contributed by atoms with Gasteiger partial charge in [-0.1, -0.05) is 0 Å². The maximum atomic E-state index is 13.2. The minimum atomic E-state index is -0.868. The zero-order valence-corrected chi connectivity index (χ0v) is 16.3. The molecule has 0 bridgehead atoms. The molecule has 10 heteroatoms. The number of hydrogen-bond acceptors (Lipinski definition) is 6. The molecule has 0 radical (unpaired) electrons. The number of aromatic nitrogens is 2.